The molecule has 2 nitrogen and oxygen atoms in total. The van der Waals surface area contributed by atoms with Crippen LogP contribution in [-0.2, 0) is 9.53 Å². The van der Waals surface area contributed by atoms with E-state index in [1.807, 2.05) is 6.92 Å². The van der Waals surface area contributed by atoms with Crippen molar-refractivity contribution in [3.05, 3.63) is 11.6 Å². The van der Waals surface area contributed by atoms with Crippen LogP contribution in [-0.4, -0.2) is 18.5 Å². The summed E-state index contributed by atoms with van der Waals surface area (Å²) >= 11 is 0. The van der Waals surface area contributed by atoms with Crippen LogP contribution in [0.15, 0.2) is 11.6 Å². The van der Waals surface area contributed by atoms with Crippen molar-refractivity contribution in [2.45, 2.75) is 59.5 Å². The summed E-state index contributed by atoms with van der Waals surface area (Å²) in [5.41, 5.74) is 1.25. The maximum absolute atomic E-state index is 10.5. The van der Waals surface area contributed by atoms with Crippen molar-refractivity contribution in [3.63, 3.8) is 0 Å². The lowest BCUT2D eigenvalue weighted by molar-refractivity contribution is -0.115. The van der Waals surface area contributed by atoms with Gasteiger partial charge < -0.3 is 9.53 Å². The summed E-state index contributed by atoms with van der Waals surface area (Å²) in [7, 11) is 0. The fourth-order valence-corrected chi connectivity index (χ4v) is 1.39. The van der Waals surface area contributed by atoms with Gasteiger partial charge >= 0.3 is 0 Å². The van der Waals surface area contributed by atoms with E-state index < -0.39 is 0 Å². The fourth-order valence-electron chi connectivity index (χ4n) is 1.39. The first-order valence-electron chi connectivity index (χ1n) is 6.16. The molecule has 0 spiro atoms. The number of rotatable bonds is 8. The van der Waals surface area contributed by atoms with Gasteiger partial charge in [-0.15, -0.1) is 0 Å². The first-order chi connectivity index (χ1) is 7.43. The molecule has 0 bridgehead atoms. The molecule has 16 heavy (non-hydrogen) atoms. The summed E-state index contributed by atoms with van der Waals surface area (Å²) < 4.78 is 5.85. The summed E-state index contributed by atoms with van der Waals surface area (Å²) in [4.78, 5) is 10.5. The maximum atomic E-state index is 10.5. The zero-order valence-electron chi connectivity index (χ0n) is 11.4. The maximum Gasteiger partial charge on any atom is 0.125 e. The average Bonchev–Trinajstić information content (AvgIpc) is 2.25. The van der Waals surface area contributed by atoms with Crippen molar-refractivity contribution < 1.29 is 9.53 Å². The summed E-state index contributed by atoms with van der Waals surface area (Å²) in [5.74, 6) is -0.00525. The minimum absolute atomic E-state index is 0.00525. The van der Waals surface area contributed by atoms with E-state index >= 15 is 0 Å². The number of hydrogen-bond donors (Lipinski definition) is 0. The molecule has 0 aromatic carbocycles. The van der Waals surface area contributed by atoms with Gasteiger partial charge in [-0.05, 0) is 40.0 Å². The molecule has 0 aliphatic carbocycles. The second kappa shape index (κ2) is 7.61. The monoisotopic (exact) mass is 226 g/mol. The van der Waals surface area contributed by atoms with Gasteiger partial charge in [-0.1, -0.05) is 25.5 Å². The quantitative estimate of drug-likeness (QED) is 0.465. The largest absolute Gasteiger partial charge is 0.375 e. The predicted molar refractivity (Wildman–Crippen MR) is 68.5 cm³/mol. The van der Waals surface area contributed by atoms with E-state index in [-0.39, 0.29) is 11.5 Å². The van der Waals surface area contributed by atoms with Gasteiger partial charge in [0.1, 0.15) is 6.29 Å². The highest BCUT2D eigenvalue weighted by Gasteiger charge is 2.22. The van der Waals surface area contributed by atoms with Gasteiger partial charge in [0.15, 0.2) is 0 Å². The Labute approximate surface area is 100 Å². The molecule has 2 atom stereocenters. The number of carbonyl (C=O) groups is 1. The van der Waals surface area contributed by atoms with Gasteiger partial charge in [0.2, 0.25) is 0 Å². The van der Waals surface area contributed by atoms with Gasteiger partial charge in [-0.3, -0.25) is 0 Å². The summed E-state index contributed by atoms with van der Waals surface area (Å²) in [6.07, 6.45) is 6.23. The number of allylic oxidation sites excluding steroid dienone is 2. The van der Waals surface area contributed by atoms with Crippen LogP contribution in [0.2, 0.25) is 0 Å². The van der Waals surface area contributed by atoms with Crippen molar-refractivity contribution >= 4 is 6.29 Å². The topological polar surface area (TPSA) is 26.3 Å². The van der Waals surface area contributed by atoms with Crippen LogP contribution >= 0.6 is 0 Å². The minimum Gasteiger partial charge on any atom is -0.375 e. The highest BCUT2D eigenvalue weighted by atomic mass is 16.5. The Balaban J connectivity index is 4.09. The van der Waals surface area contributed by atoms with Crippen LogP contribution in [0.5, 0.6) is 0 Å². The van der Waals surface area contributed by atoms with Crippen molar-refractivity contribution in [2.24, 2.45) is 5.92 Å². The predicted octanol–water partition coefficient (Wildman–Crippen LogP) is 3.75. The van der Waals surface area contributed by atoms with Gasteiger partial charge in [0, 0.05) is 5.92 Å². The van der Waals surface area contributed by atoms with Gasteiger partial charge in [-0.25, -0.2) is 0 Å². The van der Waals surface area contributed by atoms with E-state index in [1.54, 1.807) is 0 Å². The van der Waals surface area contributed by atoms with E-state index in [2.05, 4.69) is 33.8 Å². The van der Waals surface area contributed by atoms with Crippen LogP contribution in [0.25, 0.3) is 0 Å². The van der Waals surface area contributed by atoms with Crippen LogP contribution in [0.3, 0.4) is 0 Å². The number of aldehydes is 1. The van der Waals surface area contributed by atoms with Crippen molar-refractivity contribution in [3.8, 4) is 0 Å². The van der Waals surface area contributed by atoms with Crippen molar-refractivity contribution in [2.75, 3.05) is 6.61 Å². The van der Waals surface area contributed by atoms with E-state index in [4.69, 9.17) is 4.74 Å². The molecule has 2 unspecified atom stereocenters. The van der Waals surface area contributed by atoms with Gasteiger partial charge in [0.05, 0.1) is 12.2 Å². The third-order valence-electron chi connectivity index (χ3n) is 2.90. The Kier molecular flexibility index (Phi) is 7.31. The van der Waals surface area contributed by atoms with E-state index in [9.17, 15) is 4.79 Å². The summed E-state index contributed by atoms with van der Waals surface area (Å²) in [6.45, 7) is 10.9. The molecule has 0 heterocycles. The van der Waals surface area contributed by atoms with Crippen LogP contribution in [0, 0.1) is 5.92 Å². The minimum atomic E-state index is -0.0940. The normalized spacial score (nSPS) is 16.3. The zero-order valence-corrected chi connectivity index (χ0v) is 11.4. The molecule has 2 heteroatoms. The molecule has 0 rings (SSSR count). The highest BCUT2D eigenvalue weighted by Crippen LogP contribution is 2.23. The van der Waals surface area contributed by atoms with Gasteiger partial charge in [0.25, 0.3) is 0 Å². The second-order valence-corrected chi connectivity index (χ2v) is 5.05. The Morgan fingerprint density at radius 1 is 1.44 bits per heavy atom. The Morgan fingerprint density at radius 2 is 2.06 bits per heavy atom. The standard InChI is InChI=1S/C14H26O2/c1-6-14(5,9-7-8-12(2)3)16-11-13(4)10-15/h8,10,13H,6-7,9,11H2,1-5H3. The Hall–Kier alpha value is -0.630. The third-order valence-corrected chi connectivity index (χ3v) is 2.90. The zero-order chi connectivity index (χ0) is 12.6. The molecule has 0 aliphatic heterocycles. The second-order valence-electron chi connectivity index (χ2n) is 5.05. The lowest BCUT2D eigenvalue weighted by Crippen LogP contribution is -2.30. The van der Waals surface area contributed by atoms with E-state index in [1.165, 1.54) is 5.57 Å². The summed E-state index contributed by atoms with van der Waals surface area (Å²) in [6, 6.07) is 0. The molecule has 0 radical (unpaired) electrons. The molecule has 0 N–H and O–H groups in total. The molecule has 0 aliphatic rings. The van der Waals surface area contributed by atoms with Crippen LogP contribution < -0.4 is 0 Å². The highest BCUT2D eigenvalue weighted by molar-refractivity contribution is 5.52. The lowest BCUT2D eigenvalue weighted by atomic mass is 9.96. The molecular formula is C14H26O2. The van der Waals surface area contributed by atoms with Crippen LogP contribution in [0.1, 0.15) is 53.9 Å². The molecule has 0 amide bonds. The molecular weight excluding hydrogens is 200 g/mol. The lowest BCUT2D eigenvalue weighted by Gasteiger charge is -2.29. The average molecular weight is 226 g/mol. The number of hydrogen-bond acceptors (Lipinski definition) is 2. The molecule has 0 aromatic rings. The third kappa shape index (κ3) is 6.78. The van der Waals surface area contributed by atoms with E-state index in [0.29, 0.717) is 6.61 Å². The Morgan fingerprint density at radius 3 is 2.50 bits per heavy atom. The molecule has 0 saturated carbocycles. The first-order valence-corrected chi connectivity index (χ1v) is 6.16. The van der Waals surface area contributed by atoms with Crippen molar-refractivity contribution in [1.29, 1.82) is 0 Å². The van der Waals surface area contributed by atoms with Gasteiger partial charge in [-0.2, -0.15) is 0 Å². The molecule has 0 fully saturated rings. The smallest absolute Gasteiger partial charge is 0.125 e. The molecule has 0 saturated heterocycles. The number of ether oxygens (including phenoxy) is 1. The van der Waals surface area contributed by atoms with E-state index in [0.717, 1.165) is 25.5 Å². The fraction of sp³-hybridized carbons (Fsp3) is 0.786. The SMILES string of the molecule is CCC(C)(CCC=C(C)C)OCC(C)C=O. The molecule has 94 valence electrons. The number of carbonyl (C=O) groups excluding carboxylic acids is 1. The van der Waals surface area contributed by atoms with Crippen LogP contribution in [0.4, 0.5) is 0 Å². The van der Waals surface area contributed by atoms with Crippen molar-refractivity contribution in [1.82, 2.24) is 0 Å². The molecule has 0 aromatic heterocycles. The first kappa shape index (κ1) is 15.4. The Bertz CT molecular complexity index is 229. The summed E-state index contributed by atoms with van der Waals surface area (Å²) in [5, 5.41) is 0.